The third kappa shape index (κ3) is 4.25. The molecule has 2 aromatic rings. The van der Waals surface area contributed by atoms with Crippen molar-refractivity contribution in [2.45, 2.75) is 46.4 Å². The Hall–Kier alpha value is -1.65. The van der Waals surface area contributed by atoms with Gasteiger partial charge in [-0.05, 0) is 44.7 Å². The highest BCUT2D eigenvalue weighted by atomic mass is 16.5. The number of aromatic nitrogens is 2. The minimum Gasteiger partial charge on any atom is -0.377 e. The van der Waals surface area contributed by atoms with E-state index in [4.69, 9.17) is 4.74 Å². The number of nitrogens with zero attached hydrogens (tertiary/aromatic N) is 3. The maximum Gasteiger partial charge on any atom is 0.134 e. The third-order valence-electron chi connectivity index (χ3n) is 4.94. The van der Waals surface area contributed by atoms with Crippen LogP contribution in [0.4, 0.5) is 0 Å². The molecule has 2 heterocycles. The molecule has 130 valence electrons. The Bertz CT molecular complexity index is 665. The number of benzene rings is 1. The number of piperidine rings is 1. The molecule has 0 aliphatic carbocycles. The van der Waals surface area contributed by atoms with E-state index >= 15 is 0 Å². The molecule has 24 heavy (non-hydrogen) atoms. The average molecular weight is 327 g/mol. The van der Waals surface area contributed by atoms with Gasteiger partial charge in [-0.25, -0.2) is 4.98 Å². The molecule has 0 N–H and O–H groups in total. The molecule has 1 atom stereocenters. The highest BCUT2D eigenvalue weighted by molar-refractivity contribution is 5.22. The van der Waals surface area contributed by atoms with Crippen molar-refractivity contribution in [3.63, 3.8) is 0 Å². The Morgan fingerprint density at radius 1 is 1.29 bits per heavy atom. The molecule has 0 saturated carbocycles. The number of hydrogen-bond donors (Lipinski definition) is 0. The molecule has 0 radical (unpaired) electrons. The molecule has 1 aliphatic heterocycles. The van der Waals surface area contributed by atoms with Crippen molar-refractivity contribution in [3.8, 4) is 0 Å². The molecule has 1 fully saturated rings. The second-order valence-corrected chi connectivity index (χ2v) is 7.09. The van der Waals surface area contributed by atoms with E-state index in [0.717, 1.165) is 25.5 Å². The van der Waals surface area contributed by atoms with Gasteiger partial charge in [0.25, 0.3) is 0 Å². The zero-order valence-electron chi connectivity index (χ0n) is 15.2. The Morgan fingerprint density at radius 2 is 2.17 bits per heavy atom. The summed E-state index contributed by atoms with van der Waals surface area (Å²) < 4.78 is 7.63. The van der Waals surface area contributed by atoms with Crippen LogP contribution in [-0.2, 0) is 24.4 Å². The molecule has 4 heteroatoms. The molecular formula is C20H29N3O. The highest BCUT2D eigenvalue weighted by Crippen LogP contribution is 2.22. The number of ether oxygens (including phenoxy) is 1. The number of methoxy groups -OCH3 is 1. The summed E-state index contributed by atoms with van der Waals surface area (Å²) in [6.07, 6.45) is 4.54. The van der Waals surface area contributed by atoms with Crippen LogP contribution in [0.15, 0.2) is 30.5 Å². The van der Waals surface area contributed by atoms with Gasteiger partial charge in [0.1, 0.15) is 12.4 Å². The van der Waals surface area contributed by atoms with E-state index in [2.05, 4.69) is 52.6 Å². The summed E-state index contributed by atoms with van der Waals surface area (Å²) in [6.45, 7) is 9.38. The van der Waals surface area contributed by atoms with Crippen LogP contribution in [0.2, 0.25) is 0 Å². The maximum absolute atomic E-state index is 5.29. The topological polar surface area (TPSA) is 30.3 Å². The van der Waals surface area contributed by atoms with E-state index in [-0.39, 0.29) is 0 Å². The Balaban J connectivity index is 1.62. The lowest BCUT2D eigenvalue weighted by atomic mass is 9.97. The first-order valence-corrected chi connectivity index (χ1v) is 8.93. The van der Waals surface area contributed by atoms with Crippen LogP contribution < -0.4 is 0 Å². The quantitative estimate of drug-likeness (QED) is 0.813. The number of imidazole rings is 1. The molecule has 1 aromatic carbocycles. The highest BCUT2D eigenvalue weighted by Gasteiger charge is 2.22. The maximum atomic E-state index is 5.29. The van der Waals surface area contributed by atoms with Crippen molar-refractivity contribution in [2.24, 2.45) is 5.92 Å². The van der Waals surface area contributed by atoms with Crippen molar-refractivity contribution in [1.82, 2.24) is 14.5 Å². The lowest BCUT2D eigenvalue weighted by Crippen LogP contribution is -2.37. The summed E-state index contributed by atoms with van der Waals surface area (Å²) in [5.41, 5.74) is 4.01. The summed E-state index contributed by atoms with van der Waals surface area (Å²) in [4.78, 5) is 7.09. The smallest absolute Gasteiger partial charge is 0.134 e. The molecule has 1 aromatic heterocycles. The minimum atomic E-state index is 0.591. The first-order chi connectivity index (χ1) is 11.7. The Kier molecular flexibility index (Phi) is 5.69. The predicted octanol–water partition coefficient (Wildman–Crippen LogP) is 3.56. The van der Waals surface area contributed by atoms with Gasteiger partial charge in [-0.1, -0.05) is 29.8 Å². The van der Waals surface area contributed by atoms with Crippen LogP contribution in [0, 0.1) is 19.8 Å². The Labute approximate surface area is 145 Å². The largest absolute Gasteiger partial charge is 0.377 e. The standard InChI is InChI=1S/C20H29N3O/c1-16-6-4-7-18(10-16)12-22-9-5-8-19(13-22)14-23-17(2)11-21-20(23)15-24-3/h4,6-7,10-11,19H,5,8-9,12-15H2,1-3H3. The summed E-state index contributed by atoms with van der Waals surface area (Å²) in [5.74, 6) is 1.73. The van der Waals surface area contributed by atoms with Crippen LogP contribution in [0.5, 0.6) is 0 Å². The fourth-order valence-corrected chi connectivity index (χ4v) is 3.78. The zero-order chi connectivity index (χ0) is 16.9. The molecule has 1 saturated heterocycles. The van der Waals surface area contributed by atoms with Gasteiger partial charge < -0.3 is 9.30 Å². The van der Waals surface area contributed by atoms with Crippen molar-refractivity contribution >= 4 is 0 Å². The van der Waals surface area contributed by atoms with Crippen LogP contribution in [0.3, 0.4) is 0 Å². The average Bonchev–Trinajstić information content (AvgIpc) is 2.89. The fourth-order valence-electron chi connectivity index (χ4n) is 3.78. The van der Waals surface area contributed by atoms with E-state index in [1.165, 1.54) is 36.2 Å². The first-order valence-electron chi connectivity index (χ1n) is 8.93. The van der Waals surface area contributed by atoms with Crippen molar-refractivity contribution < 1.29 is 4.74 Å². The number of rotatable bonds is 6. The van der Waals surface area contributed by atoms with Gasteiger partial charge in [0.05, 0.1) is 0 Å². The van der Waals surface area contributed by atoms with Crippen molar-refractivity contribution in [2.75, 3.05) is 20.2 Å². The molecule has 4 nitrogen and oxygen atoms in total. The SMILES string of the molecule is COCc1ncc(C)n1CC1CCCN(Cc2cccc(C)c2)C1. The molecular weight excluding hydrogens is 298 g/mol. The van der Waals surface area contributed by atoms with Gasteiger partial charge in [-0.2, -0.15) is 0 Å². The molecule has 3 rings (SSSR count). The van der Waals surface area contributed by atoms with E-state index in [0.29, 0.717) is 12.5 Å². The van der Waals surface area contributed by atoms with Gasteiger partial charge in [0, 0.05) is 38.6 Å². The molecule has 1 aliphatic rings. The van der Waals surface area contributed by atoms with Crippen LogP contribution >= 0.6 is 0 Å². The van der Waals surface area contributed by atoms with Gasteiger partial charge in [-0.15, -0.1) is 0 Å². The van der Waals surface area contributed by atoms with E-state index in [9.17, 15) is 0 Å². The van der Waals surface area contributed by atoms with Gasteiger partial charge in [-0.3, -0.25) is 4.90 Å². The van der Waals surface area contributed by atoms with Crippen molar-refractivity contribution in [1.29, 1.82) is 0 Å². The van der Waals surface area contributed by atoms with Gasteiger partial charge >= 0.3 is 0 Å². The first kappa shape index (κ1) is 17.2. The van der Waals surface area contributed by atoms with E-state index in [1.807, 2.05) is 6.20 Å². The van der Waals surface area contributed by atoms with Crippen molar-refractivity contribution in [3.05, 3.63) is 53.1 Å². The molecule has 0 spiro atoms. The summed E-state index contributed by atoms with van der Waals surface area (Å²) >= 11 is 0. The molecule has 0 bridgehead atoms. The predicted molar refractivity (Wildman–Crippen MR) is 96.9 cm³/mol. The lowest BCUT2D eigenvalue weighted by molar-refractivity contribution is 0.147. The second kappa shape index (κ2) is 7.95. The van der Waals surface area contributed by atoms with Gasteiger partial charge in [0.15, 0.2) is 0 Å². The normalized spacial score (nSPS) is 18.9. The lowest BCUT2D eigenvalue weighted by Gasteiger charge is -2.33. The number of aryl methyl sites for hydroxylation is 2. The monoisotopic (exact) mass is 327 g/mol. The molecule has 0 amide bonds. The number of hydrogen-bond acceptors (Lipinski definition) is 3. The Morgan fingerprint density at radius 3 is 2.96 bits per heavy atom. The summed E-state index contributed by atoms with van der Waals surface area (Å²) in [5, 5.41) is 0. The van der Waals surface area contributed by atoms with Crippen LogP contribution in [0.1, 0.15) is 35.5 Å². The van der Waals surface area contributed by atoms with E-state index < -0.39 is 0 Å². The van der Waals surface area contributed by atoms with Crippen LogP contribution in [-0.4, -0.2) is 34.7 Å². The summed E-state index contributed by atoms with van der Waals surface area (Å²) in [6, 6.07) is 8.88. The van der Waals surface area contributed by atoms with E-state index in [1.54, 1.807) is 7.11 Å². The molecule has 1 unspecified atom stereocenters. The fraction of sp³-hybridized carbons (Fsp3) is 0.550. The zero-order valence-corrected chi connectivity index (χ0v) is 15.2. The summed E-state index contributed by atoms with van der Waals surface area (Å²) in [7, 11) is 1.73. The number of likely N-dealkylation sites (tertiary alicyclic amines) is 1. The van der Waals surface area contributed by atoms with Gasteiger partial charge in [0.2, 0.25) is 0 Å². The van der Waals surface area contributed by atoms with Crippen LogP contribution in [0.25, 0.3) is 0 Å². The minimum absolute atomic E-state index is 0.591. The second-order valence-electron chi connectivity index (χ2n) is 7.09. The third-order valence-corrected chi connectivity index (χ3v) is 4.94.